The predicted octanol–water partition coefficient (Wildman–Crippen LogP) is 5.09. The second-order valence-corrected chi connectivity index (χ2v) is 7.42. The van der Waals surface area contributed by atoms with E-state index in [9.17, 15) is 9.59 Å². The molecule has 0 heterocycles. The van der Waals surface area contributed by atoms with Gasteiger partial charge in [-0.15, -0.1) is 0 Å². The van der Waals surface area contributed by atoms with Crippen LogP contribution in [0, 0.1) is 0 Å². The highest BCUT2D eigenvalue weighted by Crippen LogP contribution is 2.24. The van der Waals surface area contributed by atoms with E-state index in [1.807, 2.05) is 24.3 Å². The molecule has 0 aliphatic rings. The molecule has 0 aliphatic heterocycles. The molecule has 0 saturated carbocycles. The van der Waals surface area contributed by atoms with Crippen LogP contribution in [0.1, 0.15) is 36.7 Å². The van der Waals surface area contributed by atoms with E-state index in [2.05, 4.69) is 26.1 Å². The summed E-state index contributed by atoms with van der Waals surface area (Å²) in [4.78, 5) is 23.9. The lowest BCUT2D eigenvalue weighted by atomic mass is 9.87. The minimum absolute atomic E-state index is 0.0376. The normalized spacial score (nSPS) is 11.1. The van der Waals surface area contributed by atoms with Crippen molar-refractivity contribution in [2.75, 3.05) is 11.9 Å². The maximum Gasteiger partial charge on any atom is 0.340 e. The maximum absolute atomic E-state index is 12.0. The lowest BCUT2D eigenvalue weighted by Gasteiger charge is -2.19. The van der Waals surface area contributed by atoms with Crippen molar-refractivity contribution in [2.45, 2.75) is 26.2 Å². The number of hydrogen-bond acceptors (Lipinski definition) is 3. The Morgan fingerprint density at radius 1 is 1.04 bits per heavy atom. The Hall–Kier alpha value is -2.04. The molecule has 0 aromatic heterocycles. The van der Waals surface area contributed by atoms with Crippen LogP contribution in [0.4, 0.5) is 5.69 Å². The Balaban J connectivity index is 1.91. The lowest BCUT2D eigenvalue weighted by molar-refractivity contribution is -0.119. The molecule has 0 aliphatic carbocycles. The number of carbonyl (C=O) groups is 2. The molecule has 1 N–H and O–H groups in total. The third-order valence-corrected chi connectivity index (χ3v) is 4.07. The van der Waals surface area contributed by atoms with Gasteiger partial charge in [0.2, 0.25) is 0 Å². The summed E-state index contributed by atoms with van der Waals surface area (Å²) < 4.78 is 4.98. The number of hydrogen-bond donors (Lipinski definition) is 1. The smallest absolute Gasteiger partial charge is 0.340 e. The van der Waals surface area contributed by atoms with Gasteiger partial charge >= 0.3 is 5.97 Å². The molecule has 2 aromatic rings. The van der Waals surface area contributed by atoms with Crippen LogP contribution >= 0.6 is 23.2 Å². The molecule has 0 radical (unpaired) electrons. The maximum atomic E-state index is 12.0. The average Bonchev–Trinajstić information content (AvgIpc) is 2.52. The largest absolute Gasteiger partial charge is 0.452 e. The molecule has 0 fully saturated rings. The number of esters is 1. The first-order valence-electron chi connectivity index (χ1n) is 7.69. The number of ether oxygens (including phenoxy) is 1. The van der Waals surface area contributed by atoms with Crippen molar-refractivity contribution in [1.29, 1.82) is 0 Å². The van der Waals surface area contributed by atoms with Gasteiger partial charge in [-0.3, -0.25) is 4.79 Å². The molecule has 0 bridgehead atoms. The van der Waals surface area contributed by atoms with Crippen molar-refractivity contribution in [3.63, 3.8) is 0 Å². The monoisotopic (exact) mass is 379 g/mol. The molecule has 2 aromatic carbocycles. The molecule has 4 nitrogen and oxygen atoms in total. The summed E-state index contributed by atoms with van der Waals surface area (Å²) in [5.74, 6) is -1.11. The fourth-order valence-corrected chi connectivity index (χ4v) is 2.60. The van der Waals surface area contributed by atoms with Crippen LogP contribution in [0.25, 0.3) is 0 Å². The second kappa shape index (κ2) is 7.89. The zero-order valence-electron chi connectivity index (χ0n) is 14.2. The molecule has 0 unspecified atom stereocenters. The van der Waals surface area contributed by atoms with E-state index in [1.54, 1.807) is 0 Å². The molecule has 0 saturated heterocycles. The van der Waals surface area contributed by atoms with E-state index in [1.165, 1.54) is 18.2 Å². The van der Waals surface area contributed by atoms with Crippen LogP contribution in [0.2, 0.25) is 10.0 Å². The van der Waals surface area contributed by atoms with Gasteiger partial charge in [0, 0.05) is 10.7 Å². The first kappa shape index (κ1) is 19.3. The Bertz CT molecular complexity index is 780. The molecular weight excluding hydrogens is 361 g/mol. The summed E-state index contributed by atoms with van der Waals surface area (Å²) in [6.45, 7) is 5.94. The summed E-state index contributed by atoms with van der Waals surface area (Å²) in [6.07, 6.45) is 0. The van der Waals surface area contributed by atoms with Gasteiger partial charge in [0.25, 0.3) is 5.91 Å². The van der Waals surface area contributed by atoms with Gasteiger partial charge in [-0.1, -0.05) is 56.1 Å². The van der Waals surface area contributed by atoms with Gasteiger partial charge in [0.15, 0.2) is 6.61 Å². The fraction of sp³-hybridized carbons (Fsp3) is 0.263. The molecule has 0 atom stereocenters. The Morgan fingerprint density at radius 2 is 1.68 bits per heavy atom. The van der Waals surface area contributed by atoms with E-state index in [0.717, 1.165) is 5.56 Å². The number of halogens is 2. The van der Waals surface area contributed by atoms with Crippen LogP contribution in [0.15, 0.2) is 42.5 Å². The summed E-state index contributed by atoms with van der Waals surface area (Å²) in [6, 6.07) is 12.0. The van der Waals surface area contributed by atoms with Gasteiger partial charge in [-0.2, -0.15) is 0 Å². The Kier molecular flexibility index (Phi) is 6.09. The minimum atomic E-state index is -0.681. The average molecular weight is 380 g/mol. The summed E-state index contributed by atoms with van der Waals surface area (Å²) in [5, 5.41) is 3.27. The summed E-state index contributed by atoms with van der Waals surface area (Å²) in [5.41, 5.74) is 2.00. The van der Waals surface area contributed by atoms with Crippen molar-refractivity contribution in [2.24, 2.45) is 0 Å². The molecule has 1 amide bonds. The van der Waals surface area contributed by atoms with Gasteiger partial charge in [-0.25, -0.2) is 4.79 Å². The third kappa shape index (κ3) is 5.48. The van der Waals surface area contributed by atoms with Crippen molar-refractivity contribution in [3.05, 3.63) is 63.6 Å². The van der Waals surface area contributed by atoms with E-state index in [-0.39, 0.29) is 16.0 Å². The van der Waals surface area contributed by atoms with Crippen molar-refractivity contribution in [3.8, 4) is 0 Å². The first-order chi connectivity index (χ1) is 11.7. The van der Waals surface area contributed by atoms with Crippen LogP contribution in [-0.2, 0) is 14.9 Å². The van der Waals surface area contributed by atoms with Crippen LogP contribution in [0.3, 0.4) is 0 Å². The van der Waals surface area contributed by atoms with Crippen molar-refractivity contribution in [1.82, 2.24) is 0 Å². The predicted molar refractivity (Wildman–Crippen MR) is 101 cm³/mol. The van der Waals surface area contributed by atoms with E-state index < -0.39 is 18.5 Å². The molecule has 0 spiro atoms. The van der Waals surface area contributed by atoms with Crippen molar-refractivity contribution >= 4 is 40.8 Å². The summed E-state index contributed by atoms with van der Waals surface area (Å²) >= 11 is 11.7. The fourth-order valence-electron chi connectivity index (χ4n) is 2.11. The zero-order chi connectivity index (χ0) is 18.6. The number of benzene rings is 2. The van der Waals surface area contributed by atoms with Gasteiger partial charge < -0.3 is 10.1 Å². The number of anilines is 1. The third-order valence-electron chi connectivity index (χ3n) is 3.52. The van der Waals surface area contributed by atoms with Gasteiger partial charge in [0.1, 0.15) is 0 Å². The molecule has 2 rings (SSSR count). The van der Waals surface area contributed by atoms with E-state index >= 15 is 0 Å². The second-order valence-electron chi connectivity index (χ2n) is 6.58. The van der Waals surface area contributed by atoms with E-state index in [4.69, 9.17) is 27.9 Å². The Morgan fingerprint density at radius 3 is 2.24 bits per heavy atom. The molecule has 6 heteroatoms. The zero-order valence-corrected chi connectivity index (χ0v) is 15.7. The van der Waals surface area contributed by atoms with E-state index in [0.29, 0.717) is 10.7 Å². The molecule has 132 valence electrons. The minimum Gasteiger partial charge on any atom is -0.452 e. The summed E-state index contributed by atoms with van der Waals surface area (Å²) in [7, 11) is 0. The first-order valence-corrected chi connectivity index (χ1v) is 8.45. The highest BCUT2D eigenvalue weighted by atomic mass is 35.5. The lowest BCUT2D eigenvalue weighted by Crippen LogP contribution is -2.21. The SMILES string of the molecule is CC(C)(C)c1ccc(NC(=O)COC(=O)c2ccc(Cl)cc2Cl)cc1. The van der Waals surface area contributed by atoms with Crippen molar-refractivity contribution < 1.29 is 14.3 Å². The highest BCUT2D eigenvalue weighted by molar-refractivity contribution is 6.36. The van der Waals surface area contributed by atoms with Crippen LogP contribution < -0.4 is 5.32 Å². The topological polar surface area (TPSA) is 55.4 Å². The highest BCUT2D eigenvalue weighted by Gasteiger charge is 2.15. The van der Waals surface area contributed by atoms with Gasteiger partial charge in [0.05, 0.1) is 10.6 Å². The van der Waals surface area contributed by atoms with Gasteiger partial charge in [-0.05, 0) is 41.3 Å². The number of rotatable bonds is 4. The molecular formula is C19H19Cl2NO3. The molecule has 25 heavy (non-hydrogen) atoms. The van der Waals surface area contributed by atoms with Crippen LogP contribution in [-0.4, -0.2) is 18.5 Å². The number of amides is 1. The van der Waals surface area contributed by atoms with Crippen LogP contribution in [0.5, 0.6) is 0 Å². The number of nitrogens with one attached hydrogen (secondary N) is 1. The number of carbonyl (C=O) groups excluding carboxylic acids is 2. The standard InChI is InChI=1S/C19H19Cl2NO3/c1-19(2,3)12-4-7-14(8-5-12)22-17(23)11-25-18(24)15-9-6-13(20)10-16(15)21/h4-10H,11H2,1-3H3,(H,22,23). The quantitative estimate of drug-likeness (QED) is 0.752. The Labute approximate surface area is 157 Å².